The lowest BCUT2D eigenvalue weighted by Gasteiger charge is -2.16. The lowest BCUT2D eigenvalue weighted by Crippen LogP contribution is -2.09. The van der Waals surface area contributed by atoms with Gasteiger partial charge in [-0.05, 0) is 35.7 Å². The number of aromatic amines is 1. The number of nitrogens with one attached hydrogen (secondary N) is 1. The molecule has 1 N–H and O–H groups in total. The zero-order chi connectivity index (χ0) is 17.6. The van der Waals surface area contributed by atoms with Crippen molar-refractivity contribution in [1.82, 2.24) is 10.2 Å². The standard InChI is InChI=1S/C20H20N2O3/c1-3-15-11-16(18-9-10-21-22-18)12-17(20(23)24-2)19(15)25-13-14-7-5-4-6-8-14/h4-12H,3,13H2,1-2H3,(H,21,22). The SMILES string of the molecule is CCc1cc(-c2ccn[nH]2)cc(C(=O)OC)c1OCc1ccccc1. The van der Waals surface area contributed by atoms with E-state index in [4.69, 9.17) is 9.47 Å². The minimum absolute atomic E-state index is 0.390. The molecule has 128 valence electrons. The largest absolute Gasteiger partial charge is 0.488 e. The highest BCUT2D eigenvalue weighted by Crippen LogP contribution is 2.32. The Morgan fingerprint density at radius 1 is 1.16 bits per heavy atom. The van der Waals surface area contributed by atoms with Crippen LogP contribution in [0.25, 0.3) is 11.3 Å². The van der Waals surface area contributed by atoms with E-state index in [9.17, 15) is 4.79 Å². The summed E-state index contributed by atoms with van der Waals surface area (Å²) in [6.07, 6.45) is 2.41. The summed E-state index contributed by atoms with van der Waals surface area (Å²) >= 11 is 0. The van der Waals surface area contributed by atoms with Crippen molar-refractivity contribution in [2.24, 2.45) is 0 Å². The molecule has 25 heavy (non-hydrogen) atoms. The van der Waals surface area contributed by atoms with Crippen LogP contribution in [0.2, 0.25) is 0 Å². The molecule has 0 fully saturated rings. The van der Waals surface area contributed by atoms with Crippen molar-refractivity contribution < 1.29 is 14.3 Å². The lowest BCUT2D eigenvalue weighted by atomic mass is 10.00. The van der Waals surface area contributed by atoms with Crippen molar-refractivity contribution in [3.8, 4) is 17.0 Å². The number of hydrogen-bond donors (Lipinski definition) is 1. The van der Waals surface area contributed by atoms with E-state index in [-0.39, 0.29) is 0 Å². The zero-order valence-corrected chi connectivity index (χ0v) is 14.3. The molecule has 5 heteroatoms. The quantitative estimate of drug-likeness (QED) is 0.691. The van der Waals surface area contributed by atoms with E-state index in [1.54, 1.807) is 12.3 Å². The number of methoxy groups -OCH3 is 1. The van der Waals surface area contributed by atoms with Gasteiger partial charge in [-0.3, -0.25) is 5.10 Å². The van der Waals surface area contributed by atoms with Crippen LogP contribution in [0, 0.1) is 0 Å². The topological polar surface area (TPSA) is 64.2 Å². The van der Waals surface area contributed by atoms with Gasteiger partial charge in [0.25, 0.3) is 0 Å². The molecule has 5 nitrogen and oxygen atoms in total. The summed E-state index contributed by atoms with van der Waals surface area (Å²) in [5.41, 5.74) is 4.13. The third-order valence-electron chi connectivity index (χ3n) is 3.99. The van der Waals surface area contributed by atoms with Gasteiger partial charge in [-0.25, -0.2) is 4.79 Å². The predicted molar refractivity (Wildman–Crippen MR) is 95.5 cm³/mol. The van der Waals surface area contributed by atoms with Crippen molar-refractivity contribution in [3.05, 3.63) is 71.4 Å². The molecule has 0 aliphatic carbocycles. The van der Waals surface area contributed by atoms with Gasteiger partial charge in [0.2, 0.25) is 0 Å². The van der Waals surface area contributed by atoms with Crippen LogP contribution in [0.1, 0.15) is 28.4 Å². The number of carbonyl (C=O) groups is 1. The minimum atomic E-state index is -0.417. The highest BCUT2D eigenvalue weighted by atomic mass is 16.5. The molecule has 0 aliphatic rings. The van der Waals surface area contributed by atoms with Crippen LogP contribution >= 0.6 is 0 Å². The number of ether oxygens (including phenoxy) is 2. The van der Waals surface area contributed by atoms with Crippen LogP contribution < -0.4 is 4.74 Å². The molecule has 0 aliphatic heterocycles. The Morgan fingerprint density at radius 2 is 1.96 bits per heavy atom. The first-order valence-electron chi connectivity index (χ1n) is 8.14. The summed E-state index contributed by atoms with van der Waals surface area (Å²) in [4.78, 5) is 12.3. The van der Waals surface area contributed by atoms with E-state index in [1.165, 1.54) is 7.11 Å². The molecule has 1 heterocycles. The van der Waals surface area contributed by atoms with Crippen molar-refractivity contribution in [1.29, 1.82) is 0 Å². The Bertz CT molecular complexity index is 843. The number of carbonyl (C=O) groups excluding carboxylic acids is 1. The molecule has 0 radical (unpaired) electrons. The Hall–Kier alpha value is -3.08. The molecule has 0 spiro atoms. The Kier molecular flexibility index (Phi) is 5.14. The van der Waals surface area contributed by atoms with Crippen molar-refractivity contribution in [3.63, 3.8) is 0 Å². The van der Waals surface area contributed by atoms with Crippen LogP contribution in [-0.2, 0) is 17.8 Å². The minimum Gasteiger partial charge on any atom is -0.488 e. The van der Waals surface area contributed by atoms with Gasteiger partial charge in [0.1, 0.15) is 17.9 Å². The normalized spacial score (nSPS) is 10.5. The van der Waals surface area contributed by atoms with Crippen LogP contribution in [0.4, 0.5) is 0 Å². The maximum absolute atomic E-state index is 12.3. The fourth-order valence-electron chi connectivity index (χ4n) is 2.69. The van der Waals surface area contributed by atoms with E-state index < -0.39 is 5.97 Å². The van der Waals surface area contributed by atoms with Crippen LogP contribution in [0.3, 0.4) is 0 Å². The van der Waals surface area contributed by atoms with Gasteiger partial charge in [-0.2, -0.15) is 5.10 Å². The smallest absolute Gasteiger partial charge is 0.341 e. The highest BCUT2D eigenvalue weighted by Gasteiger charge is 2.19. The maximum atomic E-state index is 12.3. The summed E-state index contributed by atoms with van der Waals surface area (Å²) in [6, 6.07) is 15.5. The van der Waals surface area contributed by atoms with Crippen LogP contribution in [0.5, 0.6) is 5.75 Å². The van der Waals surface area contributed by atoms with Crippen molar-refractivity contribution >= 4 is 5.97 Å². The molecule has 0 bridgehead atoms. The number of hydrogen-bond acceptors (Lipinski definition) is 4. The van der Waals surface area contributed by atoms with Gasteiger partial charge in [0.15, 0.2) is 0 Å². The zero-order valence-electron chi connectivity index (χ0n) is 14.3. The molecular weight excluding hydrogens is 316 g/mol. The van der Waals surface area contributed by atoms with Gasteiger partial charge in [0, 0.05) is 11.8 Å². The van der Waals surface area contributed by atoms with E-state index in [1.807, 2.05) is 49.4 Å². The average molecular weight is 336 g/mol. The first-order valence-corrected chi connectivity index (χ1v) is 8.14. The van der Waals surface area contributed by atoms with E-state index in [0.717, 1.165) is 28.8 Å². The number of aromatic nitrogens is 2. The second-order valence-electron chi connectivity index (χ2n) is 5.60. The monoisotopic (exact) mass is 336 g/mol. The molecule has 0 saturated heterocycles. The van der Waals surface area contributed by atoms with Gasteiger partial charge in [0.05, 0.1) is 12.8 Å². The van der Waals surface area contributed by atoms with Crippen LogP contribution in [0.15, 0.2) is 54.7 Å². The first-order chi connectivity index (χ1) is 12.2. The molecule has 0 atom stereocenters. The Balaban J connectivity index is 2.01. The van der Waals surface area contributed by atoms with E-state index >= 15 is 0 Å². The number of aryl methyl sites for hydroxylation is 1. The lowest BCUT2D eigenvalue weighted by molar-refractivity contribution is 0.0595. The first kappa shape index (κ1) is 16.8. The Labute approximate surface area is 146 Å². The predicted octanol–water partition coefficient (Wildman–Crippen LogP) is 4.00. The second-order valence-corrected chi connectivity index (χ2v) is 5.60. The number of H-pyrrole nitrogens is 1. The van der Waals surface area contributed by atoms with Crippen molar-refractivity contribution in [2.75, 3.05) is 7.11 Å². The number of rotatable bonds is 6. The third-order valence-corrected chi connectivity index (χ3v) is 3.99. The van der Waals surface area contributed by atoms with Gasteiger partial charge in [-0.15, -0.1) is 0 Å². The molecule has 0 amide bonds. The molecule has 3 aromatic rings. The summed E-state index contributed by atoms with van der Waals surface area (Å²) < 4.78 is 11.0. The second kappa shape index (κ2) is 7.66. The average Bonchev–Trinajstić information content (AvgIpc) is 3.20. The highest BCUT2D eigenvalue weighted by molar-refractivity contribution is 5.94. The molecule has 1 aromatic heterocycles. The van der Waals surface area contributed by atoms with E-state index in [0.29, 0.717) is 17.9 Å². The summed E-state index contributed by atoms with van der Waals surface area (Å²) in [7, 11) is 1.37. The van der Waals surface area contributed by atoms with E-state index in [2.05, 4.69) is 10.2 Å². The maximum Gasteiger partial charge on any atom is 0.341 e. The Morgan fingerprint density at radius 3 is 2.60 bits per heavy atom. The third kappa shape index (κ3) is 3.71. The molecular formula is C20H20N2O3. The molecule has 0 saturated carbocycles. The number of benzene rings is 2. The van der Waals surface area contributed by atoms with Crippen molar-refractivity contribution in [2.45, 2.75) is 20.0 Å². The summed E-state index contributed by atoms with van der Waals surface area (Å²) in [6.45, 7) is 2.42. The van der Waals surface area contributed by atoms with Gasteiger partial charge < -0.3 is 9.47 Å². The molecule has 0 unspecified atom stereocenters. The van der Waals surface area contributed by atoms with Gasteiger partial charge >= 0.3 is 5.97 Å². The fraction of sp³-hybridized carbons (Fsp3) is 0.200. The number of esters is 1. The van der Waals surface area contributed by atoms with Gasteiger partial charge in [-0.1, -0.05) is 37.3 Å². The molecule has 3 rings (SSSR count). The summed E-state index contributed by atoms with van der Waals surface area (Å²) in [5.74, 6) is 0.153. The fourth-order valence-corrected chi connectivity index (χ4v) is 2.69. The molecule has 2 aromatic carbocycles. The summed E-state index contributed by atoms with van der Waals surface area (Å²) in [5, 5.41) is 6.90. The van der Waals surface area contributed by atoms with Crippen LogP contribution in [-0.4, -0.2) is 23.3 Å². The number of nitrogens with zero attached hydrogens (tertiary/aromatic N) is 1.